The molecule has 0 N–H and O–H groups in total. The minimum atomic E-state index is -2.07. The fraction of sp³-hybridized carbons (Fsp3) is 0.682. The van der Waals surface area contributed by atoms with Gasteiger partial charge in [0.15, 0.2) is 0 Å². The van der Waals surface area contributed by atoms with Gasteiger partial charge >= 0.3 is 172 Å². The monoisotopic (exact) mass is 464 g/mol. The molecule has 0 aliphatic rings. The molecule has 0 saturated carbocycles. The molecule has 0 aliphatic carbocycles. The normalized spacial score (nSPS) is 11.3. The largest absolute Gasteiger partial charge is 2.00 e. The third-order valence-electron chi connectivity index (χ3n) is 4.86. The SMILES string of the molecule is CCC[CH2][Sn]([CH]=[C-]CCCc1ccoc1)([CH2]CCC)[CH2]CCC.[CH3-].[Mg+2]. The van der Waals surface area contributed by atoms with Crippen molar-refractivity contribution >= 4 is 41.4 Å². The van der Waals surface area contributed by atoms with Gasteiger partial charge in [-0.15, -0.1) is 0 Å². The van der Waals surface area contributed by atoms with Crippen LogP contribution in [0.15, 0.2) is 27.1 Å². The molecule has 1 rings (SSSR count). The Labute approximate surface area is 178 Å². The molecule has 1 aromatic rings. The molecule has 0 aromatic carbocycles. The maximum absolute atomic E-state index is 5.14. The number of hydrogen-bond acceptors (Lipinski definition) is 1. The minimum Gasteiger partial charge on any atom is -0.358 e. The summed E-state index contributed by atoms with van der Waals surface area (Å²) < 4.78 is 12.5. The van der Waals surface area contributed by atoms with Crippen molar-refractivity contribution in [3.8, 4) is 0 Å². The van der Waals surface area contributed by atoms with Gasteiger partial charge in [0, 0.05) is 0 Å². The summed E-state index contributed by atoms with van der Waals surface area (Å²) >= 11 is -2.07. The molecular weight excluding hydrogens is 423 g/mol. The zero-order valence-electron chi connectivity index (χ0n) is 17.4. The van der Waals surface area contributed by atoms with Gasteiger partial charge in [-0.3, -0.25) is 0 Å². The van der Waals surface area contributed by atoms with E-state index in [-0.39, 0.29) is 30.5 Å². The van der Waals surface area contributed by atoms with Crippen molar-refractivity contribution in [1.29, 1.82) is 0 Å². The van der Waals surface area contributed by atoms with Crippen LogP contribution in [0.2, 0.25) is 13.3 Å². The van der Waals surface area contributed by atoms with Crippen LogP contribution in [-0.2, 0) is 6.42 Å². The molecule has 1 heterocycles. The van der Waals surface area contributed by atoms with Crippen LogP contribution in [0.3, 0.4) is 0 Å². The number of aryl methyl sites for hydroxylation is 1. The van der Waals surface area contributed by atoms with Crippen LogP contribution in [0.25, 0.3) is 0 Å². The molecule has 0 aliphatic heterocycles. The van der Waals surface area contributed by atoms with Crippen molar-refractivity contribution < 1.29 is 4.42 Å². The zero-order chi connectivity index (χ0) is 16.8. The number of allylic oxidation sites excluding steroid dienone is 1. The average molecular weight is 464 g/mol. The van der Waals surface area contributed by atoms with Crippen molar-refractivity contribution in [3.63, 3.8) is 0 Å². The molecule has 1 nitrogen and oxygen atoms in total. The van der Waals surface area contributed by atoms with Gasteiger partial charge in [-0.2, -0.15) is 0 Å². The first kappa shape index (κ1) is 27.8. The Hall–Kier alpha value is 0.585. The van der Waals surface area contributed by atoms with Crippen molar-refractivity contribution in [2.75, 3.05) is 0 Å². The summed E-state index contributed by atoms with van der Waals surface area (Å²) in [6, 6.07) is 2.08. The number of furan rings is 1. The summed E-state index contributed by atoms with van der Waals surface area (Å²) in [6.07, 6.45) is 19.2. The molecule has 0 radical (unpaired) electrons. The maximum atomic E-state index is 5.14. The predicted octanol–water partition coefficient (Wildman–Crippen LogP) is 7.42. The first-order valence-corrected chi connectivity index (χ1v) is 17.6. The molecule has 140 valence electrons. The van der Waals surface area contributed by atoms with Crippen molar-refractivity contribution in [3.05, 3.63) is 41.8 Å². The van der Waals surface area contributed by atoms with Gasteiger partial charge in [-0.25, -0.2) is 0 Å². The molecule has 0 spiro atoms. The molecule has 0 atom stereocenters. The molecule has 0 unspecified atom stereocenters. The molecule has 0 amide bonds. The Balaban J connectivity index is 0. The fourth-order valence-corrected chi connectivity index (χ4v) is 17.4. The summed E-state index contributed by atoms with van der Waals surface area (Å²) in [5.41, 5.74) is 1.32. The van der Waals surface area contributed by atoms with Gasteiger partial charge in [0.1, 0.15) is 0 Å². The third-order valence-corrected chi connectivity index (χ3v) is 18.7. The van der Waals surface area contributed by atoms with Crippen molar-refractivity contribution in [2.45, 2.75) is 91.9 Å². The van der Waals surface area contributed by atoms with E-state index < -0.39 is 18.4 Å². The van der Waals surface area contributed by atoms with Gasteiger partial charge in [0.25, 0.3) is 0 Å². The maximum Gasteiger partial charge on any atom is 2.00 e. The number of rotatable bonds is 14. The van der Waals surface area contributed by atoms with Gasteiger partial charge in [0.2, 0.25) is 0 Å². The minimum absolute atomic E-state index is 0. The number of unbranched alkanes of at least 4 members (excludes halogenated alkanes) is 4. The van der Waals surface area contributed by atoms with Crippen LogP contribution in [-0.4, -0.2) is 41.4 Å². The van der Waals surface area contributed by atoms with Crippen molar-refractivity contribution in [1.82, 2.24) is 0 Å². The fourth-order valence-electron chi connectivity index (χ4n) is 3.30. The summed E-state index contributed by atoms with van der Waals surface area (Å²) in [7, 11) is 0. The van der Waals surface area contributed by atoms with E-state index in [1.54, 1.807) is 19.6 Å². The molecule has 0 bridgehead atoms. The van der Waals surface area contributed by atoms with Crippen LogP contribution in [0.5, 0.6) is 0 Å². The first-order chi connectivity index (χ1) is 11.3. The second-order valence-electron chi connectivity index (χ2n) is 7.01. The summed E-state index contributed by atoms with van der Waals surface area (Å²) in [4.78, 5) is 0. The second-order valence-corrected chi connectivity index (χ2v) is 19.9. The van der Waals surface area contributed by atoms with Gasteiger partial charge in [-0.1, -0.05) is 0 Å². The van der Waals surface area contributed by atoms with E-state index in [0.717, 1.165) is 12.8 Å². The zero-order valence-corrected chi connectivity index (χ0v) is 21.7. The molecular formula is C22H40MgOSn. The molecule has 25 heavy (non-hydrogen) atoms. The molecule has 0 fully saturated rings. The van der Waals surface area contributed by atoms with Crippen LogP contribution >= 0.6 is 0 Å². The van der Waals surface area contributed by atoms with Crippen LogP contribution in [0, 0.1) is 13.5 Å². The van der Waals surface area contributed by atoms with Crippen LogP contribution in [0.4, 0.5) is 0 Å². The second kappa shape index (κ2) is 18.0. The molecule has 1 aromatic heterocycles. The quantitative estimate of drug-likeness (QED) is 0.159. The van der Waals surface area contributed by atoms with Crippen LogP contribution < -0.4 is 0 Å². The Morgan fingerprint density at radius 1 is 0.960 bits per heavy atom. The van der Waals surface area contributed by atoms with E-state index in [4.69, 9.17) is 4.42 Å². The average Bonchev–Trinajstić information content (AvgIpc) is 3.09. The molecule has 0 saturated heterocycles. The van der Waals surface area contributed by atoms with E-state index in [9.17, 15) is 0 Å². The summed E-state index contributed by atoms with van der Waals surface area (Å²) in [5.74, 6) is 0. The smallest absolute Gasteiger partial charge is 0.358 e. The van der Waals surface area contributed by atoms with Gasteiger partial charge in [0.05, 0.1) is 0 Å². The van der Waals surface area contributed by atoms with E-state index in [2.05, 4.69) is 37.0 Å². The van der Waals surface area contributed by atoms with E-state index >= 15 is 0 Å². The van der Waals surface area contributed by atoms with E-state index in [0.29, 0.717) is 0 Å². The first-order valence-electron chi connectivity index (χ1n) is 9.85. The Bertz CT molecular complexity index is 378. The van der Waals surface area contributed by atoms with Gasteiger partial charge in [-0.05, 0) is 0 Å². The Morgan fingerprint density at radius 2 is 1.52 bits per heavy atom. The summed E-state index contributed by atoms with van der Waals surface area (Å²) in [5, 5.41) is 0. The Kier molecular flexibility index (Phi) is 20.0. The van der Waals surface area contributed by atoms with Gasteiger partial charge < -0.3 is 7.43 Å². The Morgan fingerprint density at radius 3 is 1.96 bits per heavy atom. The number of hydrogen-bond donors (Lipinski definition) is 0. The summed E-state index contributed by atoms with van der Waals surface area (Å²) in [6.45, 7) is 7.03. The standard InChI is InChI=1S/C9H10O.3C4H9.CH3.Mg.Sn/c1-2-3-4-5-9-6-7-10-8-9;3*1-3-4-2;;;/h1,6-8H,3-5H2;3*1,3-4H2,2H3;1H3;;/q-1;;;;-1;+2;. The van der Waals surface area contributed by atoms with Crippen molar-refractivity contribution in [2.24, 2.45) is 0 Å². The molecule has 3 heteroatoms. The topological polar surface area (TPSA) is 13.1 Å². The predicted molar refractivity (Wildman–Crippen MR) is 117 cm³/mol. The van der Waals surface area contributed by atoms with E-state index in [1.165, 1.54) is 50.5 Å². The van der Waals surface area contributed by atoms with Crippen LogP contribution in [0.1, 0.15) is 77.7 Å². The van der Waals surface area contributed by atoms with E-state index in [1.807, 2.05) is 6.26 Å². The third kappa shape index (κ3) is 12.6.